The van der Waals surface area contributed by atoms with Gasteiger partial charge in [0, 0.05) is 12.1 Å². The van der Waals surface area contributed by atoms with Crippen LogP contribution in [0.5, 0.6) is 0 Å². The third kappa shape index (κ3) is 2.57. The van der Waals surface area contributed by atoms with Gasteiger partial charge in [0.15, 0.2) is 0 Å². The van der Waals surface area contributed by atoms with Crippen LogP contribution in [0.4, 0.5) is 15.8 Å². The van der Waals surface area contributed by atoms with Crippen LogP contribution in [0, 0.1) is 11.7 Å². The van der Waals surface area contributed by atoms with Gasteiger partial charge in [0.05, 0.1) is 17.3 Å². The Labute approximate surface area is 127 Å². The Bertz CT molecular complexity index is 728. The zero-order valence-corrected chi connectivity index (χ0v) is 12.0. The van der Waals surface area contributed by atoms with Crippen molar-refractivity contribution in [3.05, 3.63) is 59.9 Å². The smallest absolute Gasteiger partial charge is 0.258 e. The Morgan fingerprint density at radius 1 is 1.18 bits per heavy atom. The second-order valence-corrected chi connectivity index (χ2v) is 5.33. The topological polar surface area (TPSA) is 49.4 Å². The molecule has 1 aliphatic heterocycles. The van der Waals surface area contributed by atoms with Crippen LogP contribution in [0.3, 0.4) is 0 Å². The van der Waals surface area contributed by atoms with Crippen LogP contribution >= 0.6 is 0 Å². The molecule has 3 rings (SSSR count). The van der Waals surface area contributed by atoms with Crippen molar-refractivity contribution < 1.29 is 14.0 Å². The molecule has 2 aromatic carbocycles. The summed E-state index contributed by atoms with van der Waals surface area (Å²) in [4.78, 5) is 26.3. The highest BCUT2D eigenvalue weighted by atomic mass is 19.1. The summed E-state index contributed by atoms with van der Waals surface area (Å²) in [6.07, 6.45) is 0. The lowest BCUT2D eigenvalue weighted by Gasteiger charge is -2.23. The SMILES string of the molecule is C[C@H]1CN(C(=O)c2ccc(F)cc2)c2ccccc2NC1=O. The van der Waals surface area contributed by atoms with Crippen LogP contribution < -0.4 is 10.2 Å². The zero-order valence-electron chi connectivity index (χ0n) is 12.0. The Morgan fingerprint density at radius 2 is 1.86 bits per heavy atom. The largest absolute Gasteiger partial charge is 0.324 e. The number of benzene rings is 2. The minimum atomic E-state index is -0.391. The highest BCUT2D eigenvalue weighted by Gasteiger charge is 2.28. The number of halogens is 1. The van der Waals surface area contributed by atoms with Crippen LogP contribution in [-0.2, 0) is 4.79 Å². The number of nitrogens with zero attached hydrogens (tertiary/aromatic N) is 1. The van der Waals surface area contributed by atoms with E-state index in [2.05, 4.69) is 5.32 Å². The summed E-state index contributed by atoms with van der Waals surface area (Å²) in [6.45, 7) is 2.05. The number of para-hydroxylation sites is 2. The minimum Gasteiger partial charge on any atom is -0.324 e. The highest BCUT2D eigenvalue weighted by Crippen LogP contribution is 2.31. The van der Waals surface area contributed by atoms with E-state index in [1.807, 2.05) is 6.07 Å². The fourth-order valence-corrected chi connectivity index (χ4v) is 2.47. The van der Waals surface area contributed by atoms with Gasteiger partial charge >= 0.3 is 0 Å². The van der Waals surface area contributed by atoms with Gasteiger partial charge in [-0.05, 0) is 36.4 Å². The molecule has 22 heavy (non-hydrogen) atoms. The van der Waals surface area contributed by atoms with Gasteiger partial charge in [-0.1, -0.05) is 19.1 Å². The third-order valence-corrected chi connectivity index (χ3v) is 3.69. The number of rotatable bonds is 1. The second-order valence-electron chi connectivity index (χ2n) is 5.33. The van der Waals surface area contributed by atoms with Crippen LogP contribution in [0.25, 0.3) is 0 Å². The summed E-state index contributed by atoms with van der Waals surface area (Å²) in [5, 5.41) is 2.82. The van der Waals surface area contributed by atoms with Crippen LogP contribution in [0.1, 0.15) is 17.3 Å². The van der Waals surface area contributed by atoms with Crippen molar-refractivity contribution in [2.75, 3.05) is 16.8 Å². The van der Waals surface area contributed by atoms with Gasteiger partial charge in [0.1, 0.15) is 5.82 Å². The molecule has 1 atom stereocenters. The molecule has 0 fully saturated rings. The van der Waals surface area contributed by atoms with Crippen molar-refractivity contribution in [2.45, 2.75) is 6.92 Å². The molecule has 0 bridgehead atoms. The maximum Gasteiger partial charge on any atom is 0.258 e. The van der Waals surface area contributed by atoms with Crippen molar-refractivity contribution in [3.63, 3.8) is 0 Å². The molecular formula is C17H15FN2O2. The molecule has 0 saturated carbocycles. The number of anilines is 2. The van der Waals surface area contributed by atoms with Gasteiger partial charge in [-0.2, -0.15) is 0 Å². The summed E-state index contributed by atoms with van der Waals surface area (Å²) in [5.74, 6) is -1.10. The zero-order chi connectivity index (χ0) is 15.7. The molecule has 1 N–H and O–H groups in total. The van der Waals surface area contributed by atoms with E-state index in [1.165, 1.54) is 24.3 Å². The predicted octanol–water partition coefficient (Wildman–Crippen LogP) is 3.06. The summed E-state index contributed by atoms with van der Waals surface area (Å²) in [5.41, 5.74) is 1.64. The van der Waals surface area contributed by atoms with E-state index in [0.717, 1.165) is 0 Å². The summed E-state index contributed by atoms with van der Waals surface area (Å²) in [7, 11) is 0. The molecule has 2 amide bonds. The normalized spacial score (nSPS) is 17.5. The molecule has 0 unspecified atom stereocenters. The standard InChI is InChI=1S/C17H15FN2O2/c1-11-10-20(17(22)12-6-8-13(18)9-7-12)15-5-3-2-4-14(15)19-16(11)21/h2-9,11H,10H2,1H3,(H,19,21)/t11-/m0/s1. The molecule has 1 aliphatic rings. The molecule has 4 nitrogen and oxygen atoms in total. The number of fused-ring (bicyclic) bond motifs is 1. The first kappa shape index (κ1) is 14.3. The molecule has 0 aromatic heterocycles. The predicted molar refractivity (Wildman–Crippen MR) is 82.3 cm³/mol. The van der Waals surface area contributed by atoms with E-state index in [1.54, 1.807) is 30.0 Å². The lowest BCUT2D eigenvalue weighted by Crippen LogP contribution is -2.35. The summed E-state index contributed by atoms with van der Waals surface area (Å²) < 4.78 is 13.0. The van der Waals surface area contributed by atoms with E-state index in [4.69, 9.17) is 0 Å². The number of carbonyl (C=O) groups excluding carboxylic acids is 2. The Hall–Kier alpha value is -2.69. The molecule has 1 heterocycles. The van der Waals surface area contributed by atoms with E-state index in [0.29, 0.717) is 16.9 Å². The first-order chi connectivity index (χ1) is 10.6. The number of hydrogen-bond donors (Lipinski definition) is 1. The van der Waals surface area contributed by atoms with Gasteiger partial charge in [0.2, 0.25) is 5.91 Å². The van der Waals surface area contributed by atoms with Crippen molar-refractivity contribution in [1.29, 1.82) is 0 Å². The van der Waals surface area contributed by atoms with Gasteiger partial charge in [-0.15, -0.1) is 0 Å². The van der Waals surface area contributed by atoms with Crippen molar-refractivity contribution in [1.82, 2.24) is 0 Å². The summed E-state index contributed by atoms with van der Waals surface area (Å²) in [6, 6.07) is 12.6. The van der Waals surface area contributed by atoms with Crippen molar-refractivity contribution in [2.24, 2.45) is 5.92 Å². The first-order valence-corrected chi connectivity index (χ1v) is 7.03. The fraction of sp³-hybridized carbons (Fsp3) is 0.176. The number of nitrogens with one attached hydrogen (secondary N) is 1. The van der Waals surface area contributed by atoms with Crippen LogP contribution in [0.2, 0.25) is 0 Å². The quantitative estimate of drug-likeness (QED) is 0.879. The summed E-state index contributed by atoms with van der Waals surface area (Å²) >= 11 is 0. The van der Waals surface area contributed by atoms with Gasteiger partial charge < -0.3 is 10.2 Å². The molecule has 0 spiro atoms. The lowest BCUT2D eigenvalue weighted by atomic mass is 10.1. The monoisotopic (exact) mass is 298 g/mol. The fourth-order valence-electron chi connectivity index (χ4n) is 2.47. The lowest BCUT2D eigenvalue weighted by molar-refractivity contribution is -0.119. The Morgan fingerprint density at radius 3 is 2.59 bits per heavy atom. The number of amides is 2. The average molecular weight is 298 g/mol. The van der Waals surface area contributed by atoms with Crippen LogP contribution in [-0.4, -0.2) is 18.4 Å². The van der Waals surface area contributed by atoms with Gasteiger partial charge in [-0.3, -0.25) is 9.59 Å². The highest BCUT2D eigenvalue weighted by molar-refractivity contribution is 6.10. The molecule has 112 valence electrons. The van der Waals surface area contributed by atoms with Gasteiger partial charge in [0.25, 0.3) is 5.91 Å². The third-order valence-electron chi connectivity index (χ3n) is 3.69. The minimum absolute atomic E-state index is 0.123. The van der Waals surface area contributed by atoms with E-state index in [9.17, 15) is 14.0 Å². The Kier molecular flexibility index (Phi) is 3.63. The van der Waals surface area contributed by atoms with E-state index < -0.39 is 5.82 Å². The van der Waals surface area contributed by atoms with Crippen LogP contribution in [0.15, 0.2) is 48.5 Å². The van der Waals surface area contributed by atoms with Crippen molar-refractivity contribution in [3.8, 4) is 0 Å². The molecule has 2 aromatic rings. The number of carbonyl (C=O) groups is 2. The molecule has 0 saturated heterocycles. The molecule has 0 aliphatic carbocycles. The molecular weight excluding hydrogens is 283 g/mol. The average Bonchev–Trinajstić information content (AvgIpc) is 2.65. The second kappa shape index (κ2) is 5.60. The van der Waals surface area contributed by atoms with Crippen molar-refractivity contribution >= 4 is 23.2 Å². The van der Waals surface area contributed by atoms with E-state index >= 15 is 0 Å². The maximum absolute atomic E-state index is 13.0. The van der Waals surface area contributed by atoms with Gasteiger partial charge in [-0.25, -0.2) is 4.39 Å². The number of hydrogen-bond acceptors (Lipinski definition) is 2. The van der Waals surface area contributed by atoms with E-state index in [-0.39, 0.29) is 24.3 Å². The first-order valence-electron chi connectivity index (χ1n) is 7.03. The Balaban J connectivity index is 2.02. The maximum atomic E-state index is 13.0. The molecule has 0 radical (unpaired) electrons. The molecule has 5 heteroatoms.